The average Bonchev–Trinajstić information content (AvgIpc) is 2.82. The summed E-state index contributed by atoms with van der Waals surface area (Å²) in [6.45, 7) is 2.22. The van der Waals surface area contributed by atoms with E-state index in [-0.39, 0.29) is 23.0 Å². The van der Waals surface area contributed by atoms with Crippen LogP contribution >= 0.6 is 0 Å². The number of benzene rings is 1. The van der Waals surface area contributed by atoms with Gasteiger partial charge < -0.3 is 15.2 Å². The highest BCUT2D eigenvalue weighted by Crippen LogP contribution is 2.29. The predicted octanol–water partition coefficient (Wildman–Crippen LogP) is 1.36. The number of carbonyl (C=O) groups is 1. The van der Waals surface area contributed by atoms with Crippen molar-refractivity contribution in [3.05, 3.63) is 41.2 Å². The van der Waals surface area contributed by atoms with Crippen LogP contribution in [-0.2, 0) is 6.54 Å². The minimum Gasteiger partial charge on any atom is -0.504 e. The van der Waals surface area contributed by atoms with Gasteiger partial charge in [-0.3, -0.25) is 9.89 Å². The fourth-order valence-corrected chi connectivity index (χ4v) is 1.69. The van der Waals surface area contributed by atoms with Crippen molar-refractivity contribution in [1.29, 1.82) is 0 Å². The van der Waals surface area contributed by atoms with Crippen molar-refractivity contribution in [2.45, 2.75) is 13.5 Å². The van der Waals surface area contributed by atoms with Gasteiger partial charge in [0.1, 0.15) is 0 Å². The summed E-state index contributed by atoms with van der Waals surface area (Å²) in [4.78, 5) is 12.0. The zero-order chi connectivity index (χ0) is 13.8. The number of H-pyrrole nitrogens is 1. The maximum absolute atomic E-state index is 12.0. The molecule has 1 heterocycles. The number of ether oxygens (including phenoxy) is 1. The van der Waals surface area contributed by atoms with Gasteiger partial charge in [0.05, 0.1) is 18.9 Å². The molecule has 100 valence electrons. The maximum atomic E-state index is 12.0. The van der Waals surface area contributed by atoms with E-state index >= 15 is 0 Å². The molecule has 0 atom stereocenters. The first-order valence-corrected chi connectivity index (χ1v) is 5.76. The predicted molar refractivity (Wildman–Crippen MR) is 69.2 cm³/mol. The van der Waals surface area contributed by atoms with Crippen molar-refractivity contribution in [2.24, 2.45) is 0 Å². The molecule has 0 spiro atoms. The molecule has 0 unspecified atom stereocenters. The molecule has 0 fully saturated rings. The number of nitrogens with one attached hydrogen (secondary N) is 2. The van der Waals surface area contributed by atoms with Gasteiger partial charge in [-0.25, -0.2) is 0 Å². The van der Waals surface area contributed by atoms with Gasteiger partial charge in [0.25, 0.3) is 5.91 Å². The number of nitrogens with zero attached hydrogens (tertiary/aromatic N) is 1. The Morgan fingerprint density at radius 1 is 1.53 bits per heavy atom. The Labute approximate surface area is 110 Å². The third-order valence-electron chi connectivity index (χ3n) is 2.84. The number of aromatic amines is 1. The van der Waals surface area contributed by atoms with E-state index in [1.54, 1.807) is 18.3 Å². The molecule has 1 aromatic heterocycles. The molecular formula is C13H15N3O3. The van der Waals surface area contributed by atoms with E-state index in [0.29, 0.717) is 6.54 Å². The van der Waals surface area contributed by atoms with Crippen LogP contribution in [0.15, 0.2) is 24.4 Å². The summed E-state index contributed by atoms with van der Waals surface area (Å²) in [6.07, 6.45) is 1.65. The largest absolute Gasteiger partial charge is 0.504 e. The number of aromatic hydroxyl groups is 1. The van der Waals surface area contributed by atoms with Gasteiger partial charge in [0.2, 0.25) is 0 Å². The van der Waals surface area contributed by atoms with Crippen LogP contribution in [-0.4, -0.2) is 28.3 Å². The lowest BCUT2D eigenvalue weighted by molar-refractivity contribution is 0.0947. The van der Waals surface area contributed by atoms with Gasteiger partial charge in [-0.15, -0.1) is 0 Å². The molecule has 0 saturated carbocycles. The van der Waals surface area contributed by atoms with E-state index in [1.807, 2.05) is 6.92 Å². The lowest BCUT2D eigenvalue weighted by Gasteiger charge is -2.09. The number of phenols is 1. The highest BCUT2D eigenvalue weighted by atomic mass is 16.5. The summed E-state index contributed by atoms with van der Waals surface area (Å²) >= 11 is 0. The molecule has 0 radical (unpaired) electrons. The van der Waals surface area contributed by atoms with Crippen molar-refractivity contribution in [3.8, 4) is 11.5 Å². The van der Waals surface area contributed by atoms with Crippen LogP contribution in [0.2, 0.25) is 0 Å². The van der Waals surface area contributed by atoms with E-state index in [0.717, 1.165) is 11.3 Å². The quantitative estimate of drug-likeness (QED) is 0.775. The van der Waals surface area contributed by atoms with Crippen LogP contribution in [0.5, 0.6) is 11.5 Å². The van der Waals surface area contributed by atoms with Crippen molar-refractivity contribution in [3.63, 3.8) is 0 Å². The van der Waals surface area contributed by atoms with E-state index in [1.165, 1.54) is 13.2 Å². The molecule has 0 aliphatic rings. The first-order valence-electron chi connectivity index (χ1n) is 5.76. The second kappa shape index (κ2) is 5.43. The minimum absolute atomic E-state index is 0.161. The van der Waals surface area contributed by atoms with Crippen LogP contribution < -0.4 is 10.1 Å². The highest BCUT2D eigenvalue weighted by Gasteiger charge is 2.14. The molecule has 19 heavy (non-hydrogen) atoms. The number of hydrogen-bond acceptors (Lipinski definition) is 4. The molecule has 6 heteroatoms. The number of aromatic nitrogens is 2. The molecule has 0 aliphatic heterocycles. The second-order valence-corrected chi connectivity index (χ2v) is 4.06. The summed E-state index contributed by atoms with van der Waals surface area (Å²) < 4.78 is 4.96. The minimum atomic E-state index is -0.364. The fourth-order valence-electron chi connectivity index (χ4n) is 1.69. The standard InChI is InChI=1S/C13H15N3O3/c1-8-9(7-15-16-8)6-14-13(18)10-4-3-5-11(19-2)12(10)17/h3-5,7,17H,6H2,1-2H3,(H,14,18)(H,15,16). The van der Waals surface area contributed by atoms with Gasteiger partial charge in [0, 0.05) is 17.8 Å². The average molecular weight is 261 g/mol. The normalized spacial score (nSPS) is 10.2. The Morgan fingerprint density at radius 2 is 2.32 bits per heavy atom. The second-order valence-electron chi connectivity index (χ2n) is 4.06. The lowest BCUT2D eigenvalue weighted by Crippen LogP contribution is -2.23. The van der Waals surface area contributed by atoms with Crippen molar-refractivity contribution in [2.75, 3.05) is 7.11 Å². The molecule has 2 rings (SSSR count). The Bertz CT molecular complexity index is 593. The number of para-hydroxylation sites is 1. The molecule has 2 aromatic rings. The van der Waals surface area contributed by atoms with E-state index in [9.17, 15) is 9.90 Å². The zero-order valence-electron chi connectivity index (χ0n) is 10.7. The Kier molecular flexibility index (Phi) is 3.70. The number of carbonyl (C=O) groups excluding carboxylic acids is 1. The molecule has 0 aliphatic carbocycles. The Morgan fingerprint density at radius 3 is 2.95 bits per heavy atom. The van der Waals surface area contributed by atoms with Gasteiger partial charge in [-0.05, 0) is 19.1 Å². The van der Waals surface area contributed by atoms with Crippen LogP contribution in [0.3, 0.4) is 0 Å². The summed E-state index contributed by atoms with van der Waals surface area (Å²) in [5.41, 5.74) is 1.98. The van der Waals surface area contributed by atoms with E-state index < -0.39 is 0 Å². The SMILES string of the molecule is COc1cccc(C(=O)NCc2cn[nH]c2C)c1O. The van der Waals surface area contributed by atoms with Gasteiger partial charge in [-0.1, -0.05) is 6.07 Å². The Hall–Kier alpha value is -2.50. The van der Waals surface area contributed by atoms with Crippen LogP contribution in [0.1, 0.15) is 21.6 Å². The molecule has 0 bridgehead atoms. The number of rotatable bonds is 4. The summed E-state index contributed by atoms with van der Waals surface area (Å²) in [7, 11) is 1.44. The van der Waals surface area contributed by atoms with Crippen molar-refractivity contribution >= 4 is 5.91 Å². The van der Waals surface area contributed by atoms with E-state index in [2.05, 4.69) is 15.5 Å². The fraction of sp³-hybridized carbons (Fsp3) is 0.231. The first kappa shape index (κ1) is 12.9. The number of hydrogen-bond donors (Lipinski definition) is 3. The molecule has 1 amide bonds. The zero-order valence-corrected chi connectivity index (χ0v) is 10.7. The van der Waals surface area contributed by atoms with Crippen LogP contribution in [0, 0.1) is 6.92 Å². The Balaban J connectivity index is 2.10. The molecular weight excluding hydrogens is 246 g/mol. The first-order chi connectivity index (χ1) is 9.13. The summed E-state index contributed by atoms with van der Waals surface area (Å²) in [5, 5.41) is 19.2. The summed E-state index contributed by atoms with van der Waals surface area (Å²) in [6, 6.07) is 4.78. The van der Waals surface area contributed by atoms with Crippen LogP contribution in [0.25, 0.3) is 0 Å². The summed E-state index contributed by atoms with van der Waals surface area (Å²) in [5.74, 6) is -0.254. The molecule has 1 aromatic carbocycles. The third-order valence-corrected chi connectivity index (χ3v) is 2.84. The monoisotopic (exact) mass is 261 g/mol. The van der Waals surface area contributed by atoms with Gasteiger partial charge in [0.15, 0.2) is 11.5 Å². The van der Waals surface area contributed by atoms with E-state index in [4.69, 9.17) is 4.74 Å². The molecule has 6 nitrogen and oxygen atoms in total. The van der Waals surface area contributed by atoms with Gasteiger partial charge >= 0.3 is 0 Å². The molecule has 0 saturated heterocycles. The van der Waals surface area contributed by atoms with Crippen molar-refractivity contribution in [1.82, 2.24) is 15.5 Å². The number of aryl methyl sites for hydroxylation is 1. The maximum Gasteiger partial charge on any atom is 0.255 e. The highest BCUT2D eigenvalue weighted by molar-refractivity contribution is 5.97. The third kappa shape index (κ3) is 2.67. The smallest absolute Gasteiger partial charge is 0.255 e. The molecule has 3 N–H and O–H groups in total. The van der Waals surface area contributed by atoms with Crippen LogP contribution in [0.4, 0.5) is 0 Å². The van der Waals surface area contributed by atoms with Crippen molar-refractivity contribution < 1.29 is 14.6 Å². The lowest BCUT2D eigenvalue weighted by atomic mass is 10.1. The number of methoxy groups -OCH3 is 1. The van der Waals surface area contributed by atoms with Gasteiger partial charge in [-0.2, -0.15) is 5.10 Å². The topological polar surface area (TPSA) is 87.2 Å². The number of phenolic OH excluding ortho intramolecular Hbond substituents is 1. The number of amides is 1.